The molecule has 2 amide bonds. The number of hydrogen-bond acceptors (Lipinski definition) is 4. The average molecular weight is 437 g/mol. The van der Waals surface area contributed by atoms with Crippen LogP contribution < -0.4 is 5.32 Å². The van der Waals surface area contributed by atoms with Gasteiger partial charge in [0.2, 0.25) is 5.91 Å². The van der Waals surface area contributed by atoms with Crippen LogP contribution in [0.2, 0.25) is 0 Å². The number of carbonyl (C=O) groups is 2. The molecular weight excluding hydrogens is 408 g/mol. The van der Waals surface area contributed by atoms with Crippen LogP contribution in [-0.4, -0.2) is 45.6 Å². The topological polar surface area (TPSA) is 67.2 Å². The van der Waals surface area contributed by atoms with E-state index in [1.165, 1.54) is 10.4 Å². The number of amides is 2. The molecule has 3 heterocycles. The summed E-state index contributed by atoms with van der Waals surface area (Å²) in [5.74, 6) is -0.103. The standard InChI is InChI=1S/C24H28N4O2S/c1-17(2)25-23(30)24(11-13-28(16-24)22(29)20-10-12-27(3)26-20)15-18-6-8-19(9-7-18)21-5-4-14-31-21/h4-10,12,14,17H,11,13,15-16H2,1-3H3,(H,25,30)/t24-/m0/s1. The molecule has 0 unspecified atom stereocenters. The van der Waals surface area contributed by atoms with Crippen LogP contribution in [0.3, 0.4) is 0 Å². The fraction of sp³-hybridized carbons (Fsp3) is 0.375. The molecule has 6 nitrogen and oxygen atoms in total. The molecule has 1 aliphatic heterocycles. The highest BCUT2D eigenvalue weighted by Crippen LogP contribution is 2.36. The number of hydrogen-bond donors (Lipinski definition) is 1. The third-order valence-corrected chi connectivity index (χ3v) is 6.70. The summed E-state index contributed by atoms with van der Waals surface area (Å²) < 4.78 is 1.62. The summed E-state index contributed by atoms with van der Waals surface area (Å²) in [5.41, 5.74) is 2.06. The molecule has 0 spiro atoms. The highest BCUT2D eigenvalue weighted by molar-refractivity contribution is 7.13. The lowest BCUT2D eigenvalue weighted by molar-refractivity contribution is -0.130. The number of aryl methyl sites for hydroxylation is 1. The molecule has 0 bridgehead atoms. The summed E-state index contributed by atoms with van der Waals surface area (Å²) in [6.45, 7) is 4.88. The molecule has 0 saturated carbocycles. The van der Waals surface area contributed by atoms with Crippen molar-refractivity contribution in [2.45, 2.75) is 32.7 Å². The van der Waals surface area contributed by atoms with E-state index in [1.807, 2.05) is 19.9 Å². The quantitative estimate of drug-likeness (QED) is 0.640. The predicted octanol–water partition coefficient (Wildman–Crippen LogP) is 3.75. The van der Waals surface area contributed by atoms with Crippen molar-refractivity contribution in [3.63, 3.8) is 0 Å². The second-order valence-electron chi connectivity index (χ2n) is 8.61. The Bertz CT molecular complexity index is 1060. The van der Waals surface area contributed by atoms with E-state index in [0.29, 0.717) is 31.6 Å². The van der Waals surface area contributed by atoms with Crippen LogP contribution in [0.1, 0.15) is 36.3 Å². The molecule has 1 fully saturated rings. The van der Waals surface area contributed by atoms with E-state index >= 15 is 0 Å². The van der Waals surface area contributed by atoms with Crippen molar-refractivity contribution >= 4 is 23.2 Å². The van der Waals surface area contributed by atoms with E-state index in [0.717, 1.165) is 5.56 Å². The number of benzene rings is 1. The number of rotatable bonds is 6. The van der Waals surface area contributed by atoms with Crippen molar-refractivity contribution < 1.29 is 9.59 Å². The molecule has 1 N–H and O–H groups in total. The van der Waals surface area contributed by atoms with Gasteiger partial charge in [0.1, 0.15) is 5.69 Å². The minimum Gasteiger partial charge on any atom is -0.353 e. The van der Waals surface area contributed by atoms with E-state index in [-0.39, 0.29) is 17.9 Å². The van der Waals surface area contributed by atoms with Gasteiger partial charge in [-0.15, -0.1) is 11.3 Å². The second-order valence-corrected chi connectivity index (χ2v) is 9.56. The Morgan fingerprint density at radius 2 is 1.97 bits per heavy atom. The van der Waals surface area contributed by atoms with Crippen LogP contribution >= 0.6 is 11.3 Å². The summed E-state index contributed by atoms with van der Waals surface area (Å²) in [7, 11) is 1.79. The van der Waals surface area contributed by atoms with Crippen molar-refractivity contribution in [2.75, 3.05) is 13.1 Å². The maximum Gasteiger partial charge on any atom is 0.274 e. The van der Waals surface area contributed by atoms with Gasteiger partial charge in [-0.3, -0.25) is 14.3 Å². The molecule has 162 valence electrons. The predicted molar refractivity (Wildman–Crippen MR) is 123 cm³/mol. The van der Waals surface area contributed by atoms with Gasteiger partial charge in [-0.1, -0.05) is 30.3 Å². The zero-order valence-electron chi connectivity index (χ0n) is 18.2. The minimum absolute atomic E-state index is 0.0150. The molecule has 7 heteroatoms. The highest BCUT2D eigenvalue weighted by atomic mass is 32.1. The van der Waals surface area contributed by atoms with Gasteiger partial charge in [-0.25, -0.2) is 0 Å². The second kappa shape index (κ2) is 8.67. The summed E-state index contributed by atoms with van der Waals surface area (Å²) >= 11 is 1.71. The van der Waals surface area contributed by atoms with Crippen molar-refractivity contribution in [3.8, 4) is 10.4 Å². The number of nitrogens with one attached hydrogen (secondary N) is 1. The van der Waals surface area contributed by atoms with E-state index in [9.17, 15) is 9.59 Å². The van der Waals surface area contributed by atoms with Crippen molar-refractivity contribution in [2.24, 2.45) is 12.5 Å². The molecule has 0 radical (unpaired) electrons. The summed E-state index contributed by atoms with van der Waals surface area (Å²) in [6.07, 6.45) is 3.00. The number of carbonyl (C=O) groups excluding carboxylic acids is 2. The Morgan fingerprint density at radius 3 is 2.58 bits per heavy atom. The van der Waals surface area contributed by atoms with E-state index < -0.39 is 5.41 Å². The first-order valence-corrected chi connectivity index (χ1v) is 11.5. The Hall–Kier alpha value is -2.93. The number of likely N-dealkylation sites (tertiary alicyclic amines) is 1. The van der Waals surface area contributed by atoms with Gasteiger partial charge in [-0.05, 0) is 55.3 Å². The number of aromatic nitrogens is 2. The lowest BCUT2D eigenvalue weighted by Gasteiger charge is -2.29. The van der Waals surface area contributed by atoms with Gasteiger partial charge < -0.3 is 10.2 Å². The Kier molecular flexibility index (Phi) is 5.96. The monoisotopic (exact) mass is 436 g/mol. The zero-order chi connectivity index (χ0) is 22.0. The van der Waals surface area contributed by atoms with Crippen molar-refractivity contribution in [1.29, 1.82) is 0 Å². The first kappa shape index (κ1) is 21.3. The molecule has 2 aromatic heterocycles. The Morgan fingerprint density at radius 1 is 1.19 bits per heavy atom. The van der Waals surface area contributed by atoms with Crippen LogP contribution in [0.4, 0.5) is 0 Å². The molecule has 1 atom stereocenters. The number of thiophene rings is 1. The Labute approximate surface area is 186 Å². The fourth-order valence-electron chi connectivity index (χ4n) is 4.18. The molecule has 1 aromatic carbocycles. The van der Waals surface area contributed by atoms with Gasteiger partial charge in [0.05, 0.1) is 5.41 Å². The van der Waals surface area contributed by atoms with Gasteiger partial charge >= 0.3 is 0 Å². The highest BCUT2D eigenvalue weighted by Gasteiger charge is 2.46. The van der Waals surface area contributed by atoms with Crippen molar-refractivity contribution in [1.82, 2.24) is 20.0 Å². The smallest absolute Gasteiger partial charge is 0.274 e. The number of nitrogens with zero attached hydrogens (tertiary/aromatic N) is 3. The van der Waals surface area contributed by atoms with Crippen LogP contribution in [0.25, 0.3) is 10.4 Å². The lowest BCUT2D eigenvalue weighted by atomic mass is 9.79. The van der Waals surface area contributed by atoms with Gasteiger partial charge in [0, 0.05) is 37.3 Å². The molecule has 3 aromatic rings. The van der Waals surface area contributed by atoms with E-state index in [2.05, 4.69) is 46.1 Å². The maximum atomic E-state index is 13.3. The summed E-state index contributed by atoms with van der Waals surface area (Å²) in [4.78, 5) is 29.2. The lowest BCUT2D eigenvalue weighted by Crippen LogP contribution is -2.47. The van der Waals surface area contributed by atoms with Gasteiger partial charge in [-0.2, -0.15) is 5.10 Å². The molecular formula is C24H28N4O2S. The largest absolute Gasteiger partial charge is 0.353 e. The first-order valence-electron chi connectivity index (χ1n) is 10.6. The van der Waals surface area contributed by atoms with Crippen LogP contribution in [0.5, 0.6) is 0 Å². The maximum absolute atomic E-state index is 13.3. The Balaban J connectivity index is 1.56. The summed E-state index contributed by atoms with van der Waals surface area (Å²) in [5, 5.41) is 9.40. The SMILES string of the molecule is CC(C)NC(=O)[C@]1(Cc2ccc(-c3cccs3)cc2)CCN(C(=O)c2ccn(C)n2)C1. The molecule has 1 saturated heterocycles. The van der Waals surface area contributed by atoms with Crippen LogP contribution in [0.15, 0.2) is 54.0 Å². The first-order chi connectivity index (χ1) is 14.9. The normalized spacial score (nSPS) is 18.5. The third-order valence-electron chi connectivity index (χ3n) is 5.78. The molecule has 31 heavy (non-hydrogen) atoms. The molecule has 1 aliphatic rings. The third kappa shape index (κ3) is 4.56. The zero-order valence-corrected chi connectivity index (χ0v) is 19.0. The average Bonchev–Trinajstić information content (AvgIpc) is 3.49. The van der Waals surface area contributed by atoms with Gasteiger partial charge in [0.15, 0.2) is 0 Å². The fourth-order valence-corrected chi connectivity index (χ4v) is 4.92. The molecule has 4 rings (SSSR count). The van der Waals surface area contributed by atoms with Crippen molar-refractivity contribution in [3.05, 3.63) is 65.3 Å². The minimum atomic E-state index is -0.640. The van der Waals surface area contributed by atoms with Gasteiger partial charge in [0.25, 0.3) is 5.91 Å². The van der Waals surface area contributed by atoms with E-state index in [4.69, 9.17) is 0 Å². The molecule has 0 aliphatic carbocycles. The van der Waals surface area contributed by atoms with Crippen LogP contribution in [-0.2, 0) is 18.3 Å². The van der Waals surface area contributed by atoms with E-state index in [1.54, 1.807) is 40.2 Å². The van der Waals surface area contributed by atoms with Crippen LogP contribution in [0, 0.1) is 5.41 Å². The summed E-state index contributed by atoms with van der Waals surface area (Å²) in [6, 6.07) is 14.3.